The summed E-state index contributed by atoms with van der Waals surface area (Å²) in [6.07, 6.45) is 2.09. The Morgan fingerprint density at radius 2 is 1.94 bits per heavy atom. The molecule has 0 aliphatic heterocycles. The largest absolute Gasteiger partial charge is 0.144 e. The first kappa shape index (κ1) is 12.0. The molecule has 1 aromatic heterocycles. The van der Waals surface area contributed by atoms with E-state index in [-0.39, 0.29) is 5.38 Å². The molecule has 0 saturated heterocycles. The molecule has 16 heavy (non-hydrogen) atoms. The van der Waals surface area contributed by atoms with Crippen molar-refractivity contribution in [1.29, 1.82) is 0 Å². The van der Waals surface area contributed by atoms with Crippen LogP contribution in [0.1, 0.15) is 20.7 Å². The van der Waals surface area contributed by atoms with E-state index in [0.717, 1.165) is 0 Å². The standard InChI is InChI=1S/C13H13ClS2/c1-9-7-8-12(16-9)13(14)10-5-3-4-6-11(10)15-2/h3-8,13H,1-2H3. The predicted molar refractivity (Wildman–Crippen MR) is 75.0 cm³/mol. The van der Waals surface area contributed by atoms with Gasteiger partial charge in [-0.25, -0.2) is 0 Å². The Morgan fingerprint density at radius 1 is 1.19 bits per heavy atom. The first-order valence-corrected chi connectivity index (χ1v) is 7.53. The summed E-state index contributed by atoms with van der Waals surface area (Å²) in [7, 11) is 0. The summed E-state index contributed by atoms with van der Waals surface area (Å²) in [5.74, 6) is 0. The topological polar surface area (TPSA) is 0 Å². The van der Waals surface area contributed by atoms with E-state index in [0.29, 0.717) is 0 Å². The maximum atomic E-state index is 6.53. The van der Waals surface area contributed by atoms with E-state index in [1.165, 1.54) is 20.2 Å². The molecule has 0 amide bonds. The van der Waals surface area contributed by atoms with Crippen LogP contribution in [-0.4, -0.2) is 6.26 Å². The molecule has 0 spiro atoms. The van der Waals surface area contributed by atoms with Crippen molar-refractivity contribution in [3.63, 3.8) is 0 Å². The van der Waals surface area contributed by atoms with Crippen LogP contribution in [0.15, 0.2) is 41.3 Å². The van der Waals surface area contributed by atoms with Crippen molar-refractivity contribution >= 4 is 34.7 Å². The maximum absolute atomic E-state index is 6.53. The second-order valence-corrected chi connectivity index (χ2v) is 6.16. The summed E-state index contributed by atoms with van der Waals surface area (Å²) in [6.45, 7) is 2.11. The zero-order chi connectivity index (χ0) is 11.5. The minimum Gasteiger partial charge on any atom is -0.144 e. The molecule has 0 bridgehead atoms. The van der Waals surface area contributed by atoms with Crippen molar-refractivity contribution in [3.8, 4) is 0 Å². The fraction of sp³-hybridized carbons (Fsp3) is 0.231. The molecule has 0 nitrogen and oxygen atoms in total. The van der Waals surface area contributed by atoms with E-state index in [9.17, 15) is 0 Å². The Bertz CT molecular complexity index is 476. The van der Waals surface area contributed by atoms with Crippen LogP contribution in [0, 0.1) is 6.92 Å². The molecule has 0 N–H and O–H groups in total. The third kappa shape index (κ3) is 2.45. The fourth-order valence-electron chi connectivity index (χ4n) is 1.62. The van der Waals surface area contributed by atoms with Gasteiger partial charge >= 0.3 is 0 Å². The average Bonchev–Trinajstić information content (AvgIpc) is 2.75. The Morgan fingerprint density at radius 3 is 2.56 bits per heavy atom. The van der Waals surface area contributed by atoms with Gasteiger partial charge in [-0.3, -0.25) is 0 Å². The molecular formula is C13H13ClS2. The Balaban J connectivity index is 2.36. The smallest absolute Gasteiger partial charge is 0.0938 e. The third-order valence-corrected chi connectivity index (χ3v) is 4.90. The monoisotopic (exact) mass is 268 g/mol. The van der Waals surface area contributed by atoms with Crippen LogP contribution in [-0.2, 0) is 0 Å². The van der Waals surface area contributed by atoms with Crippen LogP contribution in [0.4, 0.5) is 0 Å². The van der Waals surface area contributed by atoms with Gasteiger partial charge in [0.1, 0.15) is 0 Å². The van der Waals surface area contributed by atoms with E-state index < -0.39 is 0 Å². The van der Waals surface area contributed by atoms with Gasteiger partial charge in [0.2, 0.25) is 0 Å². The van der Waals surface area contributed by atoms with E-state index in [1.807, 2.05) is 6.07 Å². The van der Waals surface area contributed by atoms with Gasteiger partial charge in [0, 0.05) is 14.6 Å². The van der Waals surface area contributed by atoms with Crippen LogP contribution in [0.2, 0.25) is 0 Å². The molecule has 2 rings (SSSR count). The summed E-state index contributed by atoms with van der Waals surface area (Å²) < 4.78 is 0. The molecular weight excluding hydrogens is 256 g/mol. The zero-order valence-corrected chi connectivity index (χ0v) is 11.6. The molecule has 0 aliphatic carbocycles. The molecule has 1 atom stereocenters. The van der Waals surface area contributed by atoms with Crippen molar-refractivity contribution < 1.29 is 0 Å². The highest BCUT2D eigenvalue weighted by molar-refractivity contribution is 7.98. The molecule has 1 heterocycles. The number of rotatable bonds is 3. The SMILES string of the molecule is CSc1ccccc1C(Cl)c1ccc(C)s1. The molecule has 1 aromatic carbocycles. The second-order valence-electron chi connectivity index (χ2n) is 3.55. The number of hydrogen-bond acceptors (Lipinski definition) is 2. The quantitative estimate of drug-likeness (QED) is 0.551. The number of alkyl halides is 1. The lowest BCUT2D eigenvalue weighted by Gasteiger charge is -2.11. The van der Waals surface area contributed by atoms with Crippen molar-refractivity contribution in [2.45, 2.75) is 17.2 Å². The summed E-state index contributed by atoms with van der Waals surface area (Å²) in [4.78, 5) is 3.79. The molecule has 2 aromatic rings. The maximum Gasteiger partial charge on any atom is 0.0938 e. The van der Waals surface area contributed by atoms with Gasteiger partial charge < -0.3 is 0 Å². The third-order valence-electron chi connectivity index (χ3n) is 2.42. The van der Waals surface area contributed by atoms with Crippen LogP contribution in [0.5, 0.6) is 0 Å². The second kappa shape index (κ2) is 5.26. The number of aryl methyl sites for hydroxylation is 1. The lowest BCUT2D eigenvalue weighted by molar-refractivity contribution is 1.12. The lowest BCUT2D eigenvalue weighted by atomic mass is 10.1. The van der Waals surface area contributed by atoms with Crippen molar-refractivity contribution in [3.05, 3.63) is 51.7 Å². The number of thiophene rings is 1. The summed E-state index contributed by atoms with van der Waals surface area (Å²) in [5.41, 5.74) is 1.21. The highest BCUT2D eigenvalue weighted by atomic mass is 35.5. The van der Waals surface area contributed by atoms with Gasteiger partial charge in [0.05, 0.1) is 5.38 Å². The van der Waals surface area contributed by atoms with E-state index in [2.05, 4.69) is 43.5 Å². The van der Waals surface area contributed by atoms with E-state index in [1.54, 1.807) is 23.1 Å². The van der Waals surface area contributed by atoms with Gasteiger partial charge in [-0.15, -0.1) is 34.7 Å². The van der Waals surface area contributed by atoms with Crippen LogP contribution in [0.25, 0.3) is 0 Å². The minimum absolute atomic E-state index is 0.0256. The molecule has 0 fully saturated rings. The van der Waals surface area contributed by atoms with Crippen molar-refractivity contribution in [2.75, 3.05) is 6.26 Å². The first-order valence-electron chi connectivity index (χ1n) is 5.05. The summed E-state index contributed by atoms with van der Waals surface area (Å²) in [5, 5.41) is -0.0256. The Hall–Kier alpha value is -0.440. The number of thioether (sulfide) groups is 1. The molecule has 3 heteroatoms. The summed E-state index contributed by atoms with van der Waals surface area (Å²) in [6, 6.07) is 12.6. The molecule has 84 valence electrons. The zero-order valence-electron chi connectivity index (χ0n) is 9.24. The first-order chi connectivity index (χ1) is 7.72. The average molecular weight is 269 g/mol. The predicted octanol–water partition coefficient (Wildman–Crippen LogP) is 5.11. The number of halogens is 1. The number of benzene rings is 1. The molecule has 0 aliphatic rings. The van der Waals surface area contributed by atoms with Crippen molar-refractivity contribution in [2.24, 2.45) is 0 Å². The highest BCUT2D eigenvalue weighted by Crippen LogP contribution is 2.37. The van der Waals surface area contributed by atoms with Crippen molar-refractivity contribution in [1.82, 2.24) is 0 Å². The fourth-order valence-corrected chi connectivity index (χ4v) is 3.59. The molecule has 1 unspecified atom stereocenters. The summed E-state index contributed by atoms with van der Waals surface area (Å²) >= 11 is 10.0. The van der Waals surface area contributed by atoms with Gasteiger partial charge in [0.15, 0.2) is 0 Å². The van der Waals surface area contributed by atoms with Gasteiger partial charge in [-0.05, 0) is 36.9 Å². The van der Waals surface area contributed by atoms with Crippen LogP contribution >= 0.6 is 34.7 Å². The van der Waals surface area contributed by atoms with E-state index in [4.69, 9.17) is 11.6 Å². The lowest BCUT2D eigenvalue weighted by Crippen LogP contribution is -1.92. The van der Waals surface area contributed by atoms with Gasteiger partial charge in [-0.2, -0.15) is 0 Å². The Kier molecular flexibility index (Phi) is 3.95. The number of hydrogen-bond donors (Lipinski definition) is 0. The Labute approximate surface area is 110 Å². The molecule has 0 radical (unpaired) electrons. The van der Waals surface area contributed by atoms with Crippen LogP contribution in [0.3, 0.4) is 0 Å². The van der Waals surface area contributed by atoms with E-state index >= 15 is 0 Å². The van der Waals surface area contributed by atoms with Crippen LogP contribution < -0.4 is 0 Å². The normalized spacial score (nSPS) is 12.7. The highest BCUT2D eigenvalue weighted by Gasteiger charge is 2.15. The molecule has 0 saturated carbocycles. The minimum atomic E-state index is -0.0256. The van der Waals surface area contributed by atoms with Gasteiger partial charge in [0.25, 0.3) is 0 Å². The van der Waals surface area contributed by atoms with Gasteiger partial charge in [-0.1, -0.05) is 18.2 Å².